The number of rotatable bonds is 5. The first kappa shape index (κ1) is 34.2. The zero-order chi connectivity index (χ0) is 37.8. The van der Waals surface area contributed by atoms with E-state index >= 15 is 0 Å². The van der Waals surface area contributed by atoms with E-state index in [0.717, 1.165) is 23.3 Å². The number of ether oxygens (including phenoxy) is 1. The first-order valence-corrected chi connectivity index (χ1v) is 21.3. The van der Waals surface area contributed by atoms with Crippen LogP contribution >= 0.6 is 0 Å². The average molecular weight is 732 g/mol. The zero-order valence-electron chi connectivity index (χ0n) is 33.4. The number of anilines is 3. The summed E-state index contributed by atoms with van der Waals surface area (Å²) in [6, 6.07) is 52.7. The van der Waals surface area contributed by atoms with Crippen LogP contribution in [0, 0.1) is 23.7 Å². The minimum Gasteiger partial charge on any atom is -0.457 e. The molecule has 1 aliphatic heterocycles. The molecule has 0 atom stereocenters. The van der Waals surface area contributed by atoms with Crippen molar-refractivity contribution in [1.82, 2.24) is 0 Å². The molecule has 0 N–H and O–H groups in total. The van der Waals surface area contributed by atoms with Crippen LogP contribution < -0.4 is 9.64 Å². The van der Waals surface area contributed by atoms with Crippen molar-refractivity contribution in [3.05, 3.63) is 162 Å². The molecule has 0 radical (unpaired) electrons. The summed E-state index contributed by atoms with van der Waals surface area (Å²) < 4.78 is 6.91. The van der Waals surface area contributed by atoms with Crippen LogP contribution in [0.3, 0.4) is 0 Å². The topological polar surface area (TPSA) is 12.5 Å². The number of hydrogen-bond donors (Lipinski definition) is 0. The van der Waals surface area contributed by atoms with Crippen LogP contribution in [0.15, 0.2) is 140 Å². The Morgan fingerprint density at radius 2 is 0.946 bits per heavy atom. The zero-order valence-corrected chi connectivity index (χ0v) is 33.4. The average Bonchev–Trinajstić information content (AvgIpc) is 3.21. The summed E-state index contributed by atoms with van der Waals surface area (Å²) in [4.78, 5) is 2.57. The Hall–Kier alpha value is -5.08. The van der Waals surface area contributed by atoms with Gasteiger partial charge in [-0.1, -0.05) is 113 Å². The van der Waals surface area contributed by atoms with Crippen molar-refractivity contribution in [3.63, 3.8) is 0 Å². The molecule has 2 heteroatoms. The van der Waals surface area contributed by atoms with Crippen molar-refractivity contribution >= 4 is 17.1 Å². The van der Waals surface area contributed by atoms with Gasteiger partial charge in [0.1, 0.15) is 11.5 Å². The summed E-state index contributed by atoms with van der Waals surface area (Å²) in [5, 5.41) is 0. The maximum Gasteiger partial charge on any atom is 0.131 e. The predicted octanol–water partition coefficient (Wildman–Crippen LogP) is 14.7. The number of para-hydroxylation sites is 1. The van der Waals surface area contributed by atoms with Gasteiger partial charge in [0.2, 0.25) is 0 Å². The molecule has 1 heterocycles. The van der Waals surface area contributed by atoms with Gasteiger partial charge in [-0.25, -0.2) is 0 Å². The van der Waals surface area contributed by atoms with Gasteiger partial charge in [-0.2, -0.15) is 0 Å². The van der Waals surface area contributed by atoms with Crippen LogP contribution in [0.25, 0.3) is 22.3 Å². The third kappa shape index (κ3) is 5.20. The fraction of sp³-hybridized carbons (Fsp3) is 0.333. The molecule has 4 fully saturated rings. The predicted molar refractivity (Wildman–Crippen MR) is 232 cm³/mol. The van der Waals surface area contributed by atoms with Gasteiger partial charge >= 0.3 is 0 Å². The molecule has 5 aliphatic carbocycles. The van der Waals surface area contributed by atoms with Gasteiger partial charge in [0.15, 0.2) is 0 Å². The molecular formula is C54H53NO. The van der Waals surface area contributed by atoms with E-state index in [1.54, 1.807) is 0 Å². The monoisotopic (exact) mass is 731 g/mol. The van der Waals surface area contributed by atoms with Crippen molar-refractivity contribution in [2.24, 2.45) is 23.7 Å². The van der Waals surface area contributed by atoms with Crippen molar-refractivity contribution in [2.45, 2.75) is 88.9 Å². The molecule has 56 heavy (non-hydrogen) atoms. The Labute approximate surface area is 333 Å². The van der Waals surface area contributed by atoms with Crippen LogP contribution in [0.4, 0.5) is 17.1 Å². The molecule has 0 aromatic heterocycles. The van der Waals surface area contributed by atoms with E-state index in [2.05, 4.69) is 172 Å². The first-order chi connectivity index (χ1) is 27.2. The molecule has 0 saturated heterocycles. The quantitative estimate of drug-likeness (QED) is 0.175. The second-order valence-corrected chi connectivity index (χ2v) is 19.3. The number of nitrogens with zero attached hydrogens (tertiary/aromatic N) is 1. The fourth-order valence-electron chi connectivity index (χ4n) is 12.5. The highest BCUT2D eigenvalue weighted by atomic mass is 16.5. The first-order valence-electron chi connectivity index (χ1n) is 21.3. The van der Waals surface area contributed by atoms with Crippen LogP contribution in [0.1, 0.15) is 94.9 Å². The Bertz CT molecular complexity index is 2390. The van der Waals surface area contributed by atoms with Crippen LogP contribution in [0.2, 0.25) is 0 Å². The fourth-order valence-corrected chi connectivity index (χ4v) is 12.5. The van der Waals surface area contributed by atoms with Gasteiger partial charge in [0.05, 0.1) is 0 Å². The molecule has 6 aromatic rings. The van der Waals surface area contributed by atoms with Crippen molar-refractivity contribution in [1.29, 1.82) is 0 Å². The third-order valence-corrected chi connectivity index (χ3v) is 15.1. The SMILES string of the molecule is CC1(C)CCC(C)(C)c2cc(N(c3cc(-c4ccccc4)cc(-c4ccccc4)c3)c3ccc4c(c3)C3(c5ccccc5O4)C4CC5CC(C4)CC3C5)ccc21. The van der Waals surface area contributed by atoms with E-state index in [9.17, 15) is 0 Å². The van der Waals surface area contributed by atoms with E-state index in [4.69, 9.17) is 4.74 Å². The van der Waals surface area contributed by atoms with Gasteiger partial charge in [-0.05, 0) is 167 Å². The maximum atomic E-state index is 6.91. The van der Waals surface area contributed by atoms with Crippen LogP contribution in [-0.4, -0.2) is 0 Å². The molecule has 4 saturated carbocycles. The third-order valence-electron chi connectivity index (χ3n) is 15.1. The molecule has 280 valence electrons. The molecule has 4 bridgehead atoms. The highest BCUT2D eigenvalue weighted by Gasteiger charge is 2.61. The summed E-state index contributed by atoms with van der Waals surface area (Å²) in [5.41, 5.74) is 14.5. The van der Waals surface area contributed by atoms with Gasteiger partial charge in [-0.15, -0.1) is 0 Å². The standard InChI is InChI=1S/C54H53NO/c1-52(2)23-24-53(3,4)48-33-43(19-21-46(48)52)55(45-31-39(37-13-7-5-8-14-37)30-40(32-45)38-15-9-6-10-16-38)44-20-22-51-49(34-44)54(47-17-11-12-18-50(47)56-51)41-26-35-25-36(28-41)29-42(54)27-35/h5-22,30-36,41-42H,23-29H2,1-4H3. The van der Waals surface area contributed by atoms with E-state index in [0.29, 0.717) is 11.8 Å². The molecule has 2 nitrogen and oxygen atoms in total. The van der Waals surface area contributed by atoms with Gasteiger partial charge < -0.3 is 9.64 Å². The highest BCUT2D eigenvalue weighted by Crippen LogP contribution is 2.69. The Morgan fingerprint density at radius 3 is 1.57 bits per heavy atom. The molecule has 0 amide bonds. The van der Waals surface area contributed by atoms with Crippen molar-refractivity contribution < 1.29 is 4.74 Å². The lowest BCUT2D eigenvalue weighted by Gasteiger charge is -2.63. The second kappa shape index (κ2) is 12.5. The van der Waals surface area contributed by atoms with Crippen molar-refractivity contribution in [3.8, 4) is 33.8 Å². The Kier molecular flexibility index (Phi) is 7.61. The summed E-state index contributed by atoms with van der Waals surface area (Å²) in [6.45, 7) is 9.75. The highest BCUT2D eigenvalue weighted by molar-refractivity contribution is 5.86. The summed E-state index contributed by atoms with van der Waals surface area (Å²) in [6.07, 6.45) is 9.17. The lowest BCUT2D eigenvalue weighted by atomic mass is 9.42. The Morgan fingerprint density at radius 1 is 0.429 bits per heavy atom. The van der Waals surface area contributed by atoms with E-state index < -0.39 is 0 Å². The molecule has 6 aliphatic rings. The van der Waals surface area contributed by atoms with E-state index in [1.807, 2.05) is 0 Å². The van der Waals surface area contributed by atoms with E-state index in [-0.39, 0.29) is 16.2 Å². The minimum absolute atomic E-state index is 0.0256. The lowest BCUT2D eigenvalue weighted by Crippen LogP contribution is -2.57. The summed E-state index contributed by atoms with van der Waals surface area (Å²) in [7, 11) is 0. The molecule has 12 rings (SSSR count). The van der Waals surface area contributed by atoms with E-state index in [1.165, 1.54) is 107 Å². The maximum absolute atomic E-state index is 6.91. The number of fused-ring (bicyclic) bond motifs is 3. The second-order valence-electron chi connectivity index (χ2n) is 19.3. The molecule has 6 aromatic carbocycles. The van der Waals surface area contributed by atoms with Gasteiger partial charge in [0.25, 0.3) is 0 Å². The number of benzene rings is 6. The lowest BCUT2D eigenvalue weighted by molar-refractivity contribution is -0.0452. The smallest absolute Gasteiger partial charge is 0.131 e. The number of hydrogen-bond acceptors (Lipinski definition) is 2. The summed E-state index contributed by atoms with van der Waals surface area (Å²) >= 11 is 0. The van der Waals surface area contributed by atoms with Crippen molar-refractivity contribution in [2.75, 3.05) is 4.90 Å². The minimum atomic E-state index is -0.0256. The largest absolute Gasteiger partial charge is 0.457 e. The Balaban J connectivity index is 1.16. The van der Waals surface area contributed by atoms with Crippen LogP contribution in [-0.2, 0) is 16.2 Å². The molecule has 1 spiro atoms. The van der Waals surface area contributed by atoms with Gasteiger partial charge in [-0.3, -0.25) is 0 Å². The van der Waals surface area contributed by atoms with Gasteiger partial charge in [0, 0.05) is 33.6 Å². The molecule has 0 unspecified atom stereocenters. The normalized spacial score (nSPS) is 25.9. The van der Waals surface area contributed by atoms with Crippen LogP contribution in [0.5, 0.6) is 11.5 Å². The molecular weight excluding hydrogens is 679 g/mol. The summed E-state index contributed by atoms with van der Waals surface area (Å²) in [5.74, 6) is 5.16.